The number of rotatable bonds is 5. The average molecular weight is 288 g/mol. The van der Waals surface area contributed by atoms with E-state index in [0.29, 0.717) is 24.6 Å². The van der Waals surface area contributed by atoms with Crippen LogP contribution in [0.25, 0.3) is 0 Å². The van der Waals surface area contributed by atoms with E-state index in [1.807, 2.05) is 0 Å². The van der Waals surface area contributed by atoms with Gasteiger partial charge in [0.15, 0.2) is 11.5 Å². The Kier molecular flexibility index (Phi) is 4.63. The van der Waals surface area contributed by atoms with Crippen molar-refractivity contribution in [3.8, 4) is 17.2 Å². The molecule has 21 heavy (non-hydrogen) atoms. The second-order valence-corrected chi connectivity index (χ2v) is 4.26. The lowest BCUT2D eigenvalue weighted by molar-refractivity contribution is 0.102. The van der Waals surface area contributed by atoms with E-state index in [1.54, 1.807) is 24.3 Å². The molecule has 0 saturated heterocycles. The molecule has 0 aliphatic carbocycles. The summed E-state index contributed by atoms with van der Waals surface area (Å²) >= 11 is 0. The van der Waals surface area contributed by atoms with Gasteiger partial charge in [0.25, 0.3) is 5.91 Å². The molecule has 2 rings (SSSR count). The zero-order valence-electron chi connectivity index (χ0n) is 11.2. The number of phenolic OH excluding ortho intramolecular Hbond substituents is 2. The van der Waals surface area contributed by atoms with Crippen LogP contribution >= 0.6 is 0 Å². The van der Waals surface area contributed by atoms with Crippen LogP contribution in [0.15, 0.2) is 42.5 Å². The monoisotopic (exact) mass is 288 g/mol. The molecule has 0 aromatic heterocycles. The van der Waals surface area contributed by atoms with Crippen LogP contribution in [0, 0.1) is 0 Å². The third kappa shape index (κ3) is 3.43. The minimum absolute atomic E-state index is 0.0244. The molecule has 0 aliphatic rings. The Hall–Kier alpha value is -2.73. The van der Waals surface area contributed by atoms with Gasteiger partial charge in [-0.25, -0.2) is 0 Å². The van der Waals surface area contributed by atoms with Crippen molar-refractivity contribution in [1.82, 2.24) is 0 Å². The van der Waals surface area contributed by atoms with Crippen LogP contribution in [-0.2, 0) is 0 Å². The molecule has 0 bridgehead atoms. The molecule has 0 saturated carbocycles. The number of hydrogen-bond acceptors (Lipinski definition) is 5. The smallest absolute Gasteiger partial charge is 0.259 e. The maximum Gasteiger partial charge on any atom is 0.259 e. The summed E-state index contributed by atoms with van der Waals surface area (Å²) in [7, 11) is 0. The van der Waals surface area contributed by atoms with E-state index in [-0.39, 0.29) is 11.3 Å². The van der Waals surface area contributed by atoms with Gasteiger partial charge < -0.3 is 26.0 Å². The van der Waals surface area contributed by atoms with Crippen LogP contribution in [0.2, 0.25) is 0 Å². The molecule has 0 atom stereocenters. The van der Waals surface area contributed by atoms with Gasteiger partial charge in [0.1, 0.15) is 12.4 Å². The summed E-state index contributed by atoms with van der Waals surface area (Å²) in [5.74, 6) is -0.881. The van der Waals surface area contributed by atoms with Gasteiger partial charge in [-0.2, -0.15) is 0 Å². The van der Waals surface area contributed by atoms with Gasteiger partial charge in [-0.15, -0.1) is 0 Å². The molecule has 5 N–H and O–H groups in total. The quantitative estimate of drug-likeness (QED) is 0.627. The van der Waals surface area contributed by atoms with Crippen molar-refractivity contribution < 1.29 is 19.7 Å². The maximum atomic E-state index is 12.2. The molecule has 6 nitrogen and oxygen atoms in total. The molecule has 6 heteroatoms. The second kappa shape index (κ2) is 6.62. The molecule has 1 amide bonds. The SMILES string of the molecule is NCCOc1ccccc1NC(=O)c1cccc(O)c1O. The van der Waals surface area contributed by atoms with Crippen molar-refractivity contribution in [2.45, 2.75) is 0 Å². The summed E-state index contributed by atoms with van der Waals surface area (Å²) in [5.41, 5.74) is 5.81. The van der Waals surface area contributed by atoms with Crippen molar-refractivity contribution >= 4 is 11.6 Å². The number of nitrogens with two attached hydrogens (primary N) is 1. The third-order valence-electron chi connectivity index (χ3n) is 2.77. The molecule has 0 fully saturated rings. The molecule has 110 valence electrons. The summed E-state index contributed by atoms with van der Waals surface area (Å²) in [5, 5.41) is 21.7. The molecule has 0 heterocycles. The number of ether oxygens (including phenoxy) is 1. The topological polar surface area (TPSA) is 105 Å². The predicted octanol–water partition coefficient (Wildman–Crippen LogP) is 1.69. The van der Waals surface area contributed by atoms with Crippen LogP contribution in [0.1, 0.15) is 10.4 Å². The standard InChI is InChI=1S/C15H16N2O4/c16-8-9-21-13-7-2-1-5-11(13)17-15(20)10-4-3-6-12(18)14(10)19/h1-7,18-19H,8-9,16H2,(H,17,20). The minimum atomic E-state index is -0.549. The number of para-hydroxylation sites is 3. The third-order valence-corrected chi connectivity index (χ3v) is 2.77. The summed E-state index contributed by atoms with van der Waals surface area (Å²) in [6, 6.07) is 11.1. The first-order valence-corrected chi connectivity index (χ1v) is 6.37. The molecule has 0 aliphatic heterocycles. The lowest BCUT2D eigenvalue weighted by atomic mass is 10.1. The Morgan fingerprint density at radius 2 is 1.90 bits per heavy atom. The highest BCUT2D eigenvalue weighted by Crippen LogP contribution is 2.30. The van der Waals surface area contributed by atoms with Gasteiger partial charge in [0.05, 0.1) is 11.3 Å². The fourth-order valence-corrected chi connectivity index (χ4v) is 1.77. The molecule has 0 unspecified atom stereocenters. The zero-order chi connectivity index (χ0) is 15.2. The summed E-state index contributed by atoms with van der Waals surface area (Å²) in [6.07, 6.45) is 0. The van der Waals surface area contributed by atoms with Crippen LogP contribution in [0.4, 0.5) is 5.69 Å². The van der Waals surface area contributed by atoms with Crippen LogP contribution in [-0.4, -0.2) is 29.3 Å². The molecular formula is C15H16N2O4. The Bertz CT molecular complexity index is 643. The largest absolute Gasteiger partial charge is 0.504 e. The Morgan fingerprint density at radius 3 is 2.67 bits per heavy atom. The minimum Gasteiger partial charge on any atom is -0.504 e. The number of nitrogens with one attached hydrogen (secondary N) is 1. The fourth-order valence-electron chi connectivity index (χ4n) is 1.77. The van der Waals surface area contributed by atoms with Crippen molar-refractivity contribution in [2.24, 2.45) is 5.73 Å². The number of amides is 1. The van der Waals surface area contributed by atoms with E-state index in [1.165, 1.54) is 18.2 Å². The number of carbonyl (C=O) groups is 1. The Morgan fingerprint density at radius 1 is 1.14 bits per heavy atom. The predicted molar refractivity (Wildman–Crippen MR) is 78.7 cm³/mol. The molecule has 0 spiro atoms. The number of aromatic hydroxyl groups is 2. The van der Waals surface area contributed by atoms with Gasteiger partial charge >= 0.3 is 0 Å². The highest BCUT2D eigenvalue weighted by atomic mass is 16.5. The van der Waals surface area contributed by atoms with E-state index in [9.17, 15) is 15.0 Å². The van der Waals surface area contributed by atoms with E-state index < -0.39 is 11.7 Å². The van der Waals surface area contributed by atoms with Crippen molar-refractivity contribution in [2.75, 3.05) is 18.5 Å². The van der Waals surface area contributed by atoms with Gasteiger partial charge in [-0.05, 0) is 24.3 Å². The summed E-state index contributed by atoms with van der Waals surface area (Å²) < 4.78 is 5.43. The van der Waals surface area contributed by atoms with Crippen LogP contribution in [0.5, 0.6) is 17.2 Å². The zero-order valence-corrected chi connectivity index (χ0v) is 11.2. The number of benzene rings is 2. The van der Waals surface area contributed by atoms with E-state index in [0.717, 1.165) is 0 Å². The van der Waals surface area contributed by atoms with E-state index in [2.05, 4.69) is 5.32 Å². The average Bonchev–Trinajstić information content (AvgIpc) is 2.49. The van der Waals surface area contributed by atoms with E-state index >= 15 is 0 Å². The van der Waals surface area contributed by atoms with Gasteiger partial charge in [0.2, 0.25) is 0 Å². The maximum absolute atomic E-state index is 12.2. The van der Waals surface area contributed by atoms with Crippen molar-refractivity contribution in [3.05, 3.63) is 48.0 Å². The molecule has 2 aromatic carbocycles. The first kappa shape index (κ1) is 14.7. The number of phenols is 2. The first-order chi connectivity index (χ1) is 10.1. The van der Waals surface area contributed by atoms with Crippen molar-refractivity contribution in [1.29, 1.82) is 0 Å². The van der Waals surface area contributed by atoms with Gasteiger partial charge in [-0.1, -0.05) is 18.2 Å². The van der Waals surface area contributed by atoms with Gasteiger partial charge in [0, 0.05) is 6.54 Å². The molecule has 0 radical (unpaired) electrons. The number of carbonyl (C=O) groups excluding carboxylic acids is 1. The highest BCUT2D eigenvalue weighted by Gasteiger charge is 2.15. The van der Waals surface area contributed by atoms with Crippen molar-refractivity contribution in [3.63, 3.8) is 0 Å². The number of anilines is 1. The van der Waals surface area contributed by atoms with E-state index in [4.69, 9.17) is 10.5 Å². The normalized spacial score (nSPS) is 10.1. The fraction of sp³-hybridized carbons (Fsp3) is 0.133. The molecular weight excluding hydrogens is 272 g/mol. The lowest BCUT2D eigenvalue weighted by Gasteiger charge is -2.12. The first-order valence-electron chi connectivity index (χ1n) is 6.37. The second-order valence-electron chi connectivity index (χ2n) is 4.26. The Balaban J connectivity index is 2.22. The highest BCUT2D eigenvalue weighted by molar-refractivity contribution is 6.07. The lowest BCUT2D eigenvalue weighted by Crippen LogP contribution is -2.15. The van der Waals surface area contributed by atoms with Crippen LogP contribution in [0.3, 0.4) is 0 Å². The van der Waals surface area contributed by atoms with Gasteiger partial charge in [-0.3, -0.25) is 4.79 Å². The van der Waals surface area contributed by atoms with Crippen LogP contribution < -0.4 is 15.8 Å². The molecule has 2 aromatic rings. The summed E-state index contributed by atoms with van der Waals surface area (Å²) in [4.78, 5) is 12.2. The Labute approximate surface area is 121 Å². The number of hydrogen-bond donors (Lipinski definition) is 4. The summed E-state index contributed by atoms with van der Waals surface area (Å²) in [6.45, 7) is 0.680.